The van der Waals surface area contributed by atoms with Crippen LogP contribution in [-0.4, -0.2) is 60.1 Å². The lowest BCUT2D eigenvalue weighted by Crippen LogP contribution is -2.47. The molecule has 0 bridgehead atoms. The number of amides is 1. The standard InChI is InChI=1S/C13H26N2O2/c1-10(2)5-6-15-8-11(3)7-14(4)13(17)12(15)9-16/h10-12,16H,5-9H2,1-4H3. The Morgan fingerprint density at radius 1 is 1.41 bits per heavy atom. The summed E-state index contributed by atoms with van der Waals surface area (Å²) in [5, 5.41) is 9.44. The lowest BCUT2D eigenvalue weighted by molar-refractivity contribution is -0.135. The Bertz CT molecular complexity index is 256. The molecule has 0 aliphatic carbocycles. The van der Waals surface area contributed by atoms with Crippen molar-refractivity contribution in [3.8, 4) is 0 Å². The van der Waals surface area contributed by atoms with E-state index in [2.05, 4.69) is 25.7 Å². The molecular formula is C13H26N2O2. The SMILES string of the molecule is CC(C)CCN1CC(C)CN(C)C(=O)C1CO. The second-order valence-electron chi connectivity index (χ2n) is 5.70. The van der Waals surface area contributed by atoms with Crippen molar-refractivity contribution in [2.24, 2.45) is 11.8 Å². The number of hydrogen-bond donors (Lipinski definition) is 1. The first-order valence-electron chi connectivity index (χ1n) is 6.55. The molecule has 1 aliphatic rings. The number of hydrogen-bond acceptors (Lipinski definition) is 3. The number of carbonyl (C=O) groups excluding carboxylic acids is 1. The summed E-state index contributed by atoms with van der Waals surface area (Å²) in [6.07, 6.45) is 1.07. The maximum absolute atomic E-state index is 12.1. The summed E-state index contributed by atoms with van der Waals surface area (Å²) >= 11 is 0. The maximum Gasteiger partial charge on any atom is 0.242 e. The van der Waals surface area contributed by atoms with Gasteiger partial charge in [0.1, 0.15) is 6.04 Å². The Balaban J connectivity index is 2.72. The van der Waals surface area contributed by atoms with E-state index in [1.54, 1.807) is 4.90 Å². The van der Waals surface area contributed by atoms with Crippen molar-refractivity contribution in [1.82, 2.24) is 9.80 Å². The molecule has 100 valence electrons. The highest BCUT2D eigenvalue weighted by Gasteiger charge is 2.32. The number of aliphatic hydroxyl groups is 1. The van der Waals surface area contributed by atoms with Crippen molar-refractivity contribution in [2.75, 3.05) is 33.3 Å². The van der Waals surface area contributed by atoms with Crippen molar-refractivity contribution >= 4 is 5.91 Å². The van der Waals surface area contributed by atoms with Gasteiger partial charge in [-0.25, -0.2) is 0 Å². The Labute approximate surface area is 105 Å². The summed E-state index contributed by atoms with van der Waals surface area (Å²) in [5.41, 5.74) is 0. The average Bonchev–Trinajstić information content (AvgIpc) is 2.34. The average molecular weight is 242 g/mol. The first-order chi connectivity index (χ1) is 7.95. The fraction of sp³-hybridized carbons (Fsp3) is 0.923. The van der Waals surface area contributed by atoms with Gasteiger partial charge in [0.15, 0.2) is 0 Å². The van der Waals surface area contributed by atoms with Crippen LogP contribution in [0.15, 0.2) is 0 Å². The fourth-order valence-electron chi connectivity index (χ4n) is 2.42. The number of rotatable bonds is 4. The van der Waals surface area contributed by atoms with Gasteiger partial charge in [-0.05, 0) is 24.8 Å². The van der Waals surface area contributed by atoms with Crippen LogP contribution in [0.5, 0.6) is 0 Å². The van der Waals surface area contributed by atoms with Gasteiger partial charge in [0.25, 0.3) is 0 Å². The second kappa shape index (κ2) is 6.36. The first-order valence-corrected chi connectivity index (χ1v) is 6.55. The summed E-state index contributed by atoms with van der Waals surface area (Å²) in [6.45, 7) is 9.03. The Morgan fingerprint density at radius 3 is 2.59 bits per heavy atom. The van der Waals surface area contributed by atoms with E-state index in [9.17, 15) is 9.90 Å². The van der Waals surface area contributed by atoms with Crippen LogP contribution in [-0.2, 0) is 4.79 Å². The molecule has 0 aromatic heterocycles. The summed E-state index contributed by atoms with van der Waals surface area (Å²) in [7, 11) is 1.83. The molecule has 4 nitrogen and oxygen atoms in total. The highest BCUT2D eigenvalue weighted by molar-refractivity contribution is 5.82. The molecule has 1 saturated heterocycles. The van der Waals surface area contributed by atoms with Gasteiger partial charge in [-0.1, -0.05) is 20.8 Å². The smallest absolute Gasteiger partial charge is 0.242 e. The lowest BCUT2D eigenvalue weighted by atomic mass is 10.1. The molecule has 0 spiro atoms. The van der Waals surface area contributed by atoms with Gasteiger partial charge in [0.2, 0.25) is 5.91 Å². The minimum atomic E-state index is -0.344. The Morgan fingerprint density at radius 2 is 2.06 bits per heavy atom. The van der Waals surface area contributed by atoms with E-state index in [1.807, 2.05) is 7.05 Å². The molecule has 1 aliphatic heterocycles. The number of nitrogens with zero attached hydrogens (tertiary/aromatic N) is 2. The minimum Gasteiger partial charge on any atom is -0.394 e. The molecule has 17 heavy (non-hydrogen) atoms. The van der Waals surface area contributed by atoms with Gasteiger partial charge in [0.05, 0.1) is 6.61 Å². The largest absolute Gasteiger partial charge is 0.394 e. The molecule has 0 saturated carbocycles. The number of aliphatic hydroxyl groups excluding tert-OH is 1. The van der Waals surface area contributed by atoms with Crippen LogP contribution >= 0.6 is 0 Å². The molecule has 2 atom stereocenters. The van der Waals surface area contributed by atoms with Gasteiger partial charge in [0, 0.05) is 20.1 Å². The zero-order valence-electron chi connectivity index (χ0n) is 11.5. The molecule has 2 unspecified atom stereocenters. The van der Waals surface area contributed by atoms with Crippen molar-refractivity contribution in [3.05, 3.63) is 0 Å². The second-order valence-corrected chi connectivity index (χ2v) is 5.70. The van der Waals surface area contributed by atoms with Crippen LogP contribution < -0.4 is 0 Å². The minimum absolute atomic E-state index is 0.0561. The van der Waals surface area contributed by atoms with E-state index >= 15 is 0 Å². The highest BCUT2D eigenvalue weighted by atomic mass is 16.3. The molecule has 1 heterocycles. The molecule has 0 aromatic rings. The summed E-state index contributed by atoms with van der Waals surface area (Å²) < 4.78 is 0. The molecule has 1 N–H and O–H groups in total. The van der Waals surface area contributed by atoms with Crippen LogP contribution in [0.2, 0.25) is 0 Å². The van der Waals surface area contributed by atoms with Crippen LogP contribution in [0.4, 0.5) is 0 Å². The third-order valence-electron chi connectivity index (χ3n) is 3.40. The third kappa shape index (κ3) is 3.96. The zero-order chi connectivity index (χ0) is 13.0. The van der Waals surface area contributed by atoms with Crippen LogP contribution in [0, 0.1) is 11.8 Å². The monoisotopic (exact) mass is 242 g/mol. The molecule has 1 amide bonds. The van der Waals surface area contributed by atoms with Crippen molar-refractivity contribution in [2.45, 2.75) is 33.2 Å². The summed E-state index contributed by atoms with van der Waals surface area (Å²) in [6, 6.07) is -0.344. The molecule has 0 radical (unpaired) electrons. The summed E-state index contributed by atoms with van der Waals surface area (Å²) in [5.74, 6) is 1.15. The third-order valence-corrected chi connectivity index (χ3v) is 3.40. The predicted octanol–water partition coefficient (Wildman–Crippen LogP) is 0.803. The topological polar surface area (TPSA) is 43.8 Å². The van der Waals surface area contributed by atoms with E-state index in [4.69, 9.17) is 0 Å². The van der Waals surface area contributed by atoms with Gasteiger partial charge in [-0.2, -0.15) is 0 Å². The van der Waals surface area contributed by atoms with Crippen LogP contribution in [0.1, 0.15) is 27.2 Å². The molecule has 1 fully saturated rings. The van der Waals surface area contributed by atoms with Crippen LogP contribution in [0.3, 0.4) is 0 Å². The van der Waals surface area contributed by atoms with Crippen molar-refractivity contribution in [1.29, 1.82) is 0 Å². The Hall–Kier alpha value is -0.610. The lowest BCUT2D eigenvalue weighted by Gasteiger charge is -2.29. The molecular weight excluding hydrogens is 216 g/mol. The van der Waals surface area contributed by atoms with Gasteiger partial charge in [-0.15, -0.1) is 0 Å². The fourth-order valence-corrected chi connectivity index (χ4v) is 2.42. The number of carbonyl (C=O) groups is 1. The van der Waals surface area contributed by atoms with E-state index in [1.165, 1.54) is 0 Å². The van der Waals surface area contributed by atoms with E-state index < -0.39 is 0 Å². The molecule has 1 rings (SSSR count). The molecule has 0 aromatic carbocycles. The number of likely N-dealkylation sites (N-methyl/N-ethyl adjacent to an activating group) is 1. The quantitative estimate of drug-likeness (QED) is 0.793. The normalized spacial score (nSPS) is 27.6. The van der Waals surface area contributed by atoms with Gasteiger partial charge < -0.3 is 10.0 Å². The van der Waals surface area contributed by atoms with Crippen LogP contribution in [0.25, 0.3) is 0 Å². The van der Waals surface area contributed by atoms with E-state index in [0.29, 0.717) is 11.8 Å². The Kier molecular flexibility index (Phi) is 5.40. The van der Waals surface area contributed by atoms with E-state index in [0.717, 1.165) is 26.1 Å². The predicted molar refractivity (Wildman–Crippen MR) is 68.7 cm³/mol. The van der Waals surface area contributed by atoms with Crippen molar-refractivity contribution in [3.63, 3.8) is 0 Å². The van der Waals surface area contributed by atoms with Crippen molar-refractivity contribution < 1.29 is 9.90 Å². The maximum atomic E-state index is 12.1. The van der Waals surface area contributed by atoms with E-state index in [-0.39, 0.29) is 18.6 Å². The van der Waals surface area contributed by atoms with Gasteiger partial charge >= 0.3 is 0 Å². The van der Waals surface area contributed by atoms with Gasteiger partial charge in [-0.3, -0.25) is 9.69 Å². The highest BCUT2D eigenvalue weighted by Crippen LogP contribution is 2.16. The summed E-state index contributed by atoms with van der Waals surface area (Å²) in [4.78, 5) is 16.0. The first kappa shape index (κ1) is 14.5. The molecule has 4 heteroatoms. The zero-order valence-corrected chi connectivity index (χ0v) is 11.5.